The van der Waals surface area contributed by atoms with Crippen molar-refractivity contribution in [1.82, 2.24) is 15.2 Å². The molecule has 138 valence electrons. The van der Waals surface area contributed by atoms with E-state index < -0.39 is 10.0 Å². The molecule has 4 rings (SSSR count). The topological polar surface area (TPSA) is 99.8 Å². The fraction of sp³-hybridized carbons (Fsp3) is 0.111. The minimum atomic E-state index is -3.61. The number of sulfonamides is 1. The lowest BCUT2D eigenvalue weighted by atomic mass is 10.1. The van der Waals surface area contributed by atoms with Crippen molar-refractivity contribution in [3.63, 3.8) is 0 Å². The van der Waals surface area contributed by atoms with E-state index in [0.717, 1.165) is 23.3 Å². The predicted octanol–water partition coefficient (Wildman–Crippen LogP) is 3.47. The molecule has 9 heteroatoms. The Morgan fingerprint density at radius 2 is 1.81 bits per heavy atom. The first-order chi connectivity index (χ1) is 13.1. The van der Waals surface area contributed by atoms with E-state index in [4.69, 9.17) is 0 Å². The Labute approximate surface area is 160 Å². The Bertz CT molecular complexity index is 1140. The standard InChI is InChI=1S/C18H17N5O2S2/c24-27(25,18-6-3-11-26-18)23-17-8-7-16(21-22-17)19-10-9-13-12-20-15-5-2-1-4-14(13)15/h1-8,11-12,20H,9-10H2,(H,19,21)(H,22,23). The molecule has 3 aromatic heterocycles. The molecular formula is C18H17N5O2S2. The summed E-state index contributed by atoms with van der Waals surface area (Å²) in [6.45, 7) is 0.691. The molecule has 4 aromatic rings. The smallest absolute Gasteiger partial charge is 0.272 e. The number of aromatic nitrogens is 3. The molecule has 0 spiro atoms. The normalized spacial score (nSPS) is 11.6. The summed E-state index contributed by atoms with van der Waals surface area (Å²) in [5, 5.41) is 14.1. The number of rotatable bonds is 7. The minimum Gasteiger partial charge on any atom is -0.368 e. The van der Waals surface area contributed by atoms with Crippen LogP contribution in [0.1, 0.15) is 5.56 Å². The van der Waals surface area contributed by atoms with Crippen LogP contribution in [-0.2, 0) is 16.4 Å². The van der Waals surface area contributed by atoms with Crippen LogP contribution in [0.5, 0.6) is 0 Å². The van der Waals surface area contributed by atoms with E-state index in [9.17, 15) is 8.42 Å². The van der Waals surface area contributed by atoms with Crippen LogP contribution in [0.25, 0.3) is 10.9 Å². The number of benzene rings is 1. The highest BCUT2D eigenvalue weighted by molar-refractivity contribution is 7.94. The van der Waals surface area contributed by atoms with E-state index in [-0.39, 0.29) is 10.0 Å². The SMILES string of the molecule is O=S(=O)(Nc1ccc(NCCc2c[nH]c3ccccc23)nn1)c1cccs1. The van der Waals surface area contributed by atoms with Crippen LogP contribution in [-0.4, -0.2) is 30.1 Å². The molecule has 0 amide bonds. The van der Waals surface area contributed by atoms with Gasteiger partial charge in [0.1, 0.15) is 10.0 Å². The van der Waals surface area contributed by atoms with Crippen molar-refractivity contribution in [2.75, 3.05) is 16.6 Å². The molecule has 0 aliphatic rings. The number of fused-ring (bicyclic) bond motifs is 1. The molecule has 0 bridgehead atoms. The average molecular weight is 400 g/mol. The maximum atomic E-state index is 12.2. The lowest BCUT2D eigenvalue weighted by Crippen LogP contribution is -2.13. The van der Waals surface area contributed by atoms with Crippen LogP contribution in [0.15, 0.2) is 64.3 Å². The Hall–Kier alpha value is -2.91. The van der Waals surface area contributed by atoms with Gasteiger partial charge in [-0.2, -0.15) is 0 Å². The number of aromatic amines is 1. The number of hydrogen-bond donors (Lipinski definition) is 3. The third-order valence-electron chi connectivity index (χ3n) is 4.04. The quantitative estimate of drug-likeness (QED) is 0.442. The van der Waals surface area contributed by atoms with Crippen LogP contribution in [0, 0.1) is 0 Å². The van der Waals surface area contributed by atoms with Crippen molar-refractivity contribution in [2.24, 2.45) is 0 Å². The summed E-state index contributed by atoms with van der Waals surface area (Å²) in [6, 6.07) is 14.7. The number of para-hydroxylation sites is 1. The summed E-state index contributed by atoms with van der Waals surface area (Å²) < 4.78 is 27.0. The lowest BCUT2D eigenvalue weighted by Gasteiger charge is -2.07. The number of H-pyrrole nitrogens is 1. The van der Waals surface area contributed by atoms with Gasteiger partial charge in [-0.25, -0.2) is 8.42 Å². The Kier molecular flexibility index (Phi) is 4.78. The van der Waals surface area contributed by atoms with Crippen molar-refractivity contribution < 1.29 is 8.42 Å². The molecule has 0 radical (unpaired) electrons. The first kappa shape index (κ1) is 17.5. The second-order valence-corrected chi connectivity index (χ2v) is 8.73. The van der Waals surface area contributed by atoms with Gasteiger partial charge in [-0.3, -0.25) is 4.72 Å². The molecule has 0 aliphatic heterocycles. The summed E-state index contributed by atoms with van der Waals surface area (Å²) in [5.41, 5.74) is 2.35. The van der Waals surface area contributed by atoms with Crippen LogP contribution >= 0.6 is 11.3 Å². The molecule has 0 unspecified atom stereocenters. The average Bonchev–Trinajstić information content (AvgIpc) is 3.34. The van der Waals surface area contributed by atoms with E-state index in [0.29, 0.717) is 12.4 Å². The van der Waals surface area contributed by atoms with Crippen molar-refractivity contribution >= 4 is 43.9 Å². The number of anilines is 2. The molecule has 0 fully saturated rings. The van der Waals surface area contributed by atoms with E-state index in [2.05, 4.69) is 31.3 Å². The van der Waals surface area contributed by atoms with Crippen LogP contribution in [0.2, 0.25) is 0 Å². The largest absolute Gasteiger partial charge is 0.368 e. The van der Waals surface area contributed by atoms with Crippen LogP contribution < -0.4 is 10.0 Å². The molecule has 1 aromatic carbocycles. The molecule has 27 heavy (non-hydrogen) atoms. The first-order valence-electron chi connectivity index (χ1n) is 8.31. The van der Waals surface area contributed by atoms with E-state index >= 15 is 0 Å². The monoisotopic (exact) mass is 399 g/mol. The van der Waals surface area contributed by atoms with Gasteiger partial charge in [0.25, 0.3) is 10.0 Å². The second-order valence-electron chi connectivity index (χ2n) is 5.88. The zero-order valence-electron chi connectivity index (χ0n) is 14.2. The summed E-state index contributed by atoms with van der Waals surface area (Å²) in [7, 11) is -3.61. The van der Waals surface area contributed by atoms with Gasteiger partial charge in [-0.1, -0.05) is 24.3 Å². The fourth-order valence-corrected chi connectivity index (χ4v) is 4.74. The van der Waals surface area contributed by atoms with Crippen molar-refractivity contribution in [3.05, 3.63) is 65.7 Å². The Balaban J connectivity index is 1.35. The van der Waals surface area contributed by atoms with Crippen molar-refractivity contribution in [2.45, 2.75) is 10.6 Å². The molecule has 0 saturated heterocycles. The maximum Gasteiger partial charge on any atom is 0.272 e. The van der Waals surface area contributed by atoms with E-state index in [1.165, 1.54) is 10.9 Å². The van der Waals surface area contributed by atoms with Gasteiger partial charge < -0.3 is 10.3 Å². The van der Waals surface area contributed by atoms with Crippen molar-refractivity contribution in [1.29, 1.82) is 0 Å². The third kappa shape index (κ3) is 3.93. The summed E-state index contributed by atoms with van der Waals surface area (Å²) >= 11 is 1.15. The number of nitrogens with zero attached hydrogens (tertiary/aromatic N) is 2. The molecule has 0 saturated carbocycles. The Morgan fingerprint density at radius 1 is 1.00 bits per heavy atom. The zero-order chi connectivity index (χ0) is 18.7. The lowest BCUT2D eigenvalue weighted by molar-refractivity contribution is 0.603. The number of hydrogen-bond acceptors (Lipinski definition) is 6. The van der Waals surface area contributed by atoms with Gasteiger partial charge in [-0.05, 0) is 41.6 Å². The highest BCUT2D eigenvalue weighted by atomic mass is 32.2. The Morgan fingerprint density at radius 3 is 2.59 bits per heavy atom. The highest BCUT2D eigenvalue weighted by Gasteiger charge is 2.15. The van der Waals surface area contributed by atoms with Gasteiger partial charge in [0.2, 0.25) is 0 Å². The first-order valence-corrected chi connectivity index (χ1v) is 10.7. The highest BCUT2D eigenvalue weighted by Crippen LogP contribution is 2.20. The maximum absolute atomic E-state index is 12.2. The van der Waals surface area contributed by atoms with E-state index in [1.54, 1.807) is 29.6 Å². The van der Waals surface area contributed by atoms with Crippen molar-refractivity contribution in [3.8, 4) is 0 Å². The zero-order valence-corrected chi connectivity index (χ0v) is 15.8. The van der Waals surface area contributed by atoms with Crippen LogP contribution in [0.4, 0.5) is 11.6 Å². The molecule has 7 nitrogen and oxygen atoms in total. The molecular weight excluding hydrogens is 382 g/mol. The van der Waals surface area contributed by atoms with Gasteiger partial charge in [0, 0.05) is 23.6 Å². The van der Waals surface area contributed by atoms with E-state index in [1.807, 2.05) is 24.4 Å². The van der Waals surface area contributed by atoms with Gasteiger partial charge >= 0.3 is 0 Å². The number of nitrogens with one attached hydrogen (secondary N) is 3. The van der Waals surface area contributed by atoms with Gasteiger partial charge in [0.15, 0.2) is 5.82 Å². The molecule has 0 aliphatic carbocycles. The number of thiophene rings is 1. The fourth-order valence-electron chi connectivity index (χ4n) is 2.75. The predicted molar refractivity (Wildman–Crippen MR) is 108 cm³/mol. The second kappa shape index (κ2) is 7.37. The molecule has 3 N–H and O–H groups in total. The summed E-state index contributed by atoms with van der Waals surface area (Å²) in [5.74, 6) is 0.777. The van der Waals surface area contributed by atoms with Gasteiger partial charge in [-0.15, -0.1) is 21.5 Å². The summed E-state index contributed by atoms with van der Waals surface area (Å²) in [6.07, 6.45) is 2.85. The minimum absolute atomic E-state index is 0.186. The van der Waals surface area contributed by atoms with Gasteiger partial charge in [0.05, 0.1) is 0 Å². The molecule has 3 heterocycles. The summed E-state index contributed by atoms with van der Waals surface area (Å²) in [4.78, 5) is 3.26. The molecule has 0 atom stereocenters. The third-order valence-corrected chi connectivity index (χ3v) is 6.79. The van der Waals surface area contributed by atoms with Crippen LogP contribution in [0.3, 0.4) is 0 Å².